The van der Waals surface area contributed by atoms with Crippen LogP contribution in [0.2, 0.25) is 0 Å². The lowest BCUT2D eigenvalue weighted by Crippen LogP contribution is -2.13. The van der Waals surface area contributed by atoms with E-state index in [0.717, 1.165) is 17.7 Å². The average Bonchev–Trinajstić information content (AvgIpc) is 3.13. The number of ether oxygens (including phenoxy) is 2. The predicted octanol–water partition coefficient (Wildman–Crippen LogP) is 3.44. The first kappa shape index (κ1) is 16.4. The number of nitrogens with one attached hydrogen (secondary N) is 1. The molecule has 1 aromatic carbocycles. The molecule has 1 aliphatic rings. The van der Waals surface area contributed by atoms with Gasteiger partial charge in [0.15, 0.2) is 0 Å². The van der Waals surface area contributed by atoms with Crippen LogP contribution in [0.3, 0.4) is 0 Å². The molecule has 1 amide bonds. The number of carbonyl (C=O) groups is 1. The Balaban J connectivity index is 1.85. The Morgan fingerprint density at radius 3 is 2.96 bits per heavy atom. The Morgan fingerprint density at radius 2 is 2.29 bits per heavy atom. The van der Waals surface area contributed by atoms with Gasteiger partial charge in [0.2, 0.25) is 0 Å². The summed E-state index contributed by atoms with van der Waals surface area (Å²) in [5.74, 6) is 1.26. The molecular formula is C18H23N3O3. The first-order valence-corrected chi connectivity index (χ1v) is 8.29. The van der Waals surface area contributed by atoms with Crippen molar-refractivity contribution in [2.75, 3.05) is 11.9 Å². The van der Waals surface area contributed by atoms with E-state index in [4.69, 9.17) is 9.47 Å². The summed E-state index contributed by atoms with van der Waals surface area (Å²) in [5, 5.41) is 7.12. The van der Waals surface area contributed by atoms with Crippen LogP contribution in [-0.4, -0.2) is 28.4 Å². The number of hydrogen-bond donors (Lipinski definition) is 1. The van der Waals surface area contributed by atoms with Crippen molar-refractivity contribution >= 4 is 11.6 Å². The van der Waals surface area contributed by atoms with Crippen molar-refractivity contribution in [3.05, 3.63) is 35.7 Å². The topological polar surface area (TPSA) is 65.4 Å². The largest absolute Gasteiger partial charge is 0.492 e. The van der Waals surface area contributed by atoms with Gasteiger partial charge in [0.25, 0.3) is 5.91 Å². The SMILES string of the molecule is CCOc1cc2c(cc1NC(=O)c1cnn(C(C)C)c1)OC(C)C2. The predicted molar refractivity (Wildman–Crippen MR) is 92.0 cm³/mol. The number of hydrogen-bond acceptors (Lipinski definition) is 4. The van der Waals surface area contributed by atoms with Crippen molar-refractivity contribution in [2.45, 2.75) is 46.3 Å². The van der Waals surface area contributed by atoms with Crippen molar-refractivity contribution in [1.82, 2.24) is 9.78 Å². The third-order valence-electron chi connectivity index (χ3n) is 3.94. The molecule has 0 spiro atoms. The molecular weight excluding hydrogens is 306 g/mol. The van der Waals surface area contributed by atoms with Crippen molar-refractivity contribution in [3.63, 3.8) is 0 Å². The standard InChI is InChI=1S/C18H23N3O3/c1-5-23-17-7-13-6-12(4)24-16(13)8-15(17)20-18(22)14-9-19-21(10-14)11(2)3/h7-12H,5-6H2,1-4H3,(H,20,22). The molecule has 128 valence electrons. The van der Waals surface area contributed by atoms with Crippen LogP contribution in [0.4, 0.5) is 5.69 Å². The summed E-state index contributed by atoms with van der Waals surface area (Å²) in [6.45, 7) is 8.51. The lowest BCUT2D eigenvalue weighted by Gasteiger charge is -2.13. The highest BCUT2D eigenvalue weighted by molar-refractivity contribution is 6.04. The summed E-state index contributed by atoms with van der Waals surface area (Å²) in [7, 11) is 0. The number of amides is 1. The number of rotatable bonds is 5. The molecule has 0 saturated carbocycles. The van der Waals surface area contributed by atoms with E-state index in [-0.39, 0.29) is 18.1 Å². The van der Waals surface area contributed by atoms with Crippen molar-refractivity contribution < 1.29 is 14.3 Å². The maximum atomic E-state index is 12.5. The zero-order chi connectivity index (χ0) is 17.3. The maximum absolute atomic E-state index is 12.5. The minimum absolute atomic E-state index is 0.143. The molecule has 3 rings (SSSR count). The van der Waals surface area contributed by atoms with Crippen LogP contribution in [0.1, 0.15) is 49.7 Å². The van der Waals surface area contributed by atoms with Gasteiger partial charge in [-0.3, -0.25) is 9.48 Å². The van der Waals surface area contributed by atoms with Gasteiger partial charge in [0.05, 0.1) is 24.1 Å². The molecule has 1 aromatic heterocycles. The van der Waals surface area contributed by atoms with Gasteiger partial charge in [-0.05, 0) is 33.8 Å². The third-order valence-corrected chi connectivity index (χ3v) is 3.94. The Bertz CT molecular complexity index is 752. The van der Waals surface area contributed by atoms with Gasteiger partial charge in [-0.15, -0.1) is 0 Å². The van der Waals surface area contributed by atoms with E-state index in [1.165, 1.54) is 0 Å². The maximum Gasteiger partial charge on any atom is 0.258 e. The molecule has 2 heterocycles. The third kappa shape index (κ3) is 3.22. The Hall–Kier alpha value is -2.50. The molecule has 0 bridgehead atoms. The summed E-state index contributed by atoms with van der Waals surface area (Å²) in [6, 6.07) is 4.00. The quantitative estimate of drug-likeness (QED) is 0.912. The summed E-state index contributed by atoms with van der Waals surface area (Å²) in [6.07, 6.45) is 4.31. The Morgan fingerprint density at radius 1 is 1.50 bits per heavy atom. The molecule has 2 aromatic rings. The highest BCUT2D eigenvalue weighted by atomic mass is 16.5. The van der Waals surface area contributed by atoms with Gasteiger partial charge in [0.1, 0.15) is 17.6 Å². The van der Waals surface area contributed by atoms with E-state index in [2.05, 4.69) is 10.4 Å². The van der Waals surface area contributed by atoms with E-state index in [9.17, 15) is 4.79 Å². The van der Waals surface area contributed by atoms with Crippen LogP contribution in [0.5, 0.6) is 11.5 Å². The number of benzene rings is 1. The second-order valence-electron chi connectivity index (χ2n) is 6.28. The number of fused-ring (bicyclic) bond motifs is 1. The first-order chi connectivity index (χ1) is 11.5. The molecule has 6 heteroatoms. The number of aromatic nitrogens is 2. The summed E-state index contributed by atoms with van der Waals surface area (Å²) in [5.41, 5.74) is 2.24. The minimum atomic E-state index is -0.214. The average molecular weight is 329 g/mol. The van der Waals surface area contributed by atoms with Gasteiger partial charge >= 0.3 is 0 Å². The van der Waals surface area contributed by atoms with E-state index in [1.54, 1.807) is 17.1 Å². The second kappa shape index (κ2) is 6.55. The smallest absolute Gasteiger partial charge is 0.258 e. The highest BCUT2D eigenvalue weighted by Crippen LogP contribution is 2.38. The molecule has 0 fully saturated rings. The van der Waals surface area contributed by atoms with Gasteiger partial charge in [-0.1, -0.05) is 0 Å². The monoisotopic (exact) mass is 329 g/mol. The van der Waals surface area contributed by atoms with Crippen LogP contribution < -0.4 is 14.8 Å². The Kier molecular flexibility index (Phi) is 4.46. The lowest BCUT2D eigenvalue weighted by molar-refractivity contribution is 0.102. The lowest BCUT2D eigenvalue weighted by atomic mass is 10.1. The van der Waals surface area contributed by atoms with E-state index in [1.807, 2.05) is 39.8 Å². The van der Waals surface area contributed by atoms with E-state index >= 15 is 0 Å². The molecule has 0 radical (unpaired) electrons. The second-order valence-corrected chi connectivity index (χ2v) is 6.28. The fourth-order valence-electron chi connectivity index (χ4n) is 2.74. The normalized spacial score (nSPS) is 16.0. The van der Waals surface area contributed by atoms with Crippen LogP contribution >= 0.6 is 0 Å². The van der Waals surface area contributed by atoms with Crippen LogP contribution in [0.25, 0.3) is 0 Å². The van der Waals surface area contributed by atoms with Crippen LogP contribution in [-0.2, 0) is 6.42 Å². The molecule has 1 unspecified atom stereocenters. The van der Waals surface area contributed by atoms with Gasteiger partial charge in [-0.25, -0.2) is 0 Å². The first-order valence-electron chi connectivity index (χ1n) is 8.29. The molecule has 0 aliphatic carbocycles. The summed E-state index contributed by atoms with van der Waals surface area (Å²) in [4.78, 5) is 12.5. The van der Waals surface area contributed by atoms with Gasteiger partial charge in [-0.2, -0.15) is 5.10 Å². The fourth-order valence-corrected chi connectivity index (χ4v) is 2.74. The summed E-state index contributed by atoms with van der Waals surface area (Å²) >= 11 is 0. The van der Waals surface area contributed by atoms with Crippen LogP contribution in [0, 0.1) is 0 Å². The van der Waals surface area contributed by atoms with E-state index < -0.39 is 0 Å². The molecule has 0 saturated heterocycles. The van der Waals surface area contributed by atoms with Crippen molar-refractivity contribution in [2.24, 2.45) is 0 Å². The minimum Gasteiger partial charge on any atom is -0.492 e. The van der Waals surface area contributed by atoms with Crippen molar-refractivity contribution in [3.8, 4) is 11.5 Å². The molecule has 1 atom stereocenters. The number of anilines is 1. The Labute approximate surface area is 141 Å². The molecule has 1 N–H and O–H groups in total. The molecule has 24 heavy (non-hydrogen) atoms. The highest BCUT2D eigenvalue weighted by Gasteiger charge is 2.23. The van der Waals surface area contributed by atoms with Gasteiger partial charge < -0.3 is 14.8 Å². The molecule has 1 aliphatic heterocycles. The zero-order valence-electron chi connectivity index (χ0n) is 14.5. The van der Waals surface area contributed by atoms with E-state index in [0.29, 0.717) is 23.6 Å². The van der Waals surface area contributed by atoms with Crippen LogP contribution in [0.15, 0.2) is 24.5 Å². The number of carbonyl (C=O) groups excluding carboxylic acids is 1. The summed E-state index contributed by atoms with van der Waals surface area (Å²) < 4.78 is 13.2. The molecule has 6 nitrogen and oxygen atoms in total. The fraction of sp³-hybridized carbons (Fsp3) is 0.444. The van der Waals surface area contributed by atoms with Crippen molar-refractivity contribution in [1.29, 1.82) is 0 Å². The van der Waals surface area contributed by atoms with Gasteiger partial charge in [0, 0.05) is 30.3 Å². The zero-order valence-corrected chi connectivity index (χ0v) is 14.5. The number of nitrogens with zero attached hydrogens (tertiary/aromatic N) is 2.